The molecule has 1 atom stereocenters. The highest BCUT2D eigenvalue weighted by molar-refractivity contribution is 7.98. The van der Waals surface area contributed by atoms with Crippen LogP contribution in [0.25, 0.3) is 0 Å². The second-order valence-electron chi connectivity index (χ2n) is 5.87. The highest BCUT2D eigenvalue weighted by Gasteiger charge is 2.18. The minimum atomic E-state index is -0.488. The van der Waals surface area contributed by atoms with E-state index < -0.39 is 5.91 Å². The van der Waals surface area contributed by atoms with E-state index in [0.29, 0.717) is 17.8 Å². The Labute approximate surface area is 152 Å². The van der Waals surface area contributed by atoms with E-state index in [1.165, 1.54) is 4.90 Å². The summed E-state index contributed by atoms with van der Waals surface area (Å²) in [7, 11) is 1.92. The monoisotopic (exact) mass is 357 g/mol. The minimum Gasteiger partial charge on any atom is -0.366 e. The lowest BCUT2D eigenvalue weighted by Gasteiger charge is -2.24. The predicted octanol–water partition coefficient (Wildman–Crippen LogP) is 2.97. The van der Waals surface area contributed by atoms with Gasteiger partial charge < -0.3 is 11.1 Å². The lowest BCUT2D eigenvalue weighted by molar-refractivity contribution is -0.120. The molecule has 2 aromatic carbocycles. The molecular weight excluding hydrogens is 334 g/mol. The number of thioether (sulfide) groups is 1. The minimum absolute atomic E-state index is 0.102. The number of hydrogen-bond acceptors (Lipinski definition) is 4. The standard InChI is InChI=1S/C19H23N3O2S/c1-13(22(2)12-14-4-10-17(25-3)11-5-14)19(24)21-16-8-6-15(7-9-16)18(20)23/h4-11,13H,12H2,1-3H3,(H2,20,23)(H,21,24). The molecule has 0 spiro atoms. The number of primary amides is 1. The first-order chi connectivity index (χ1) is 11.9. The molecule has 0 aliphatic heterocycles. The number of nitrogens with zero attached hydrogens (tertiary/aromatic N) is 1. The lowest BCUT2D eigenvalue weighted by Crippen LogP contribution is -2.39. The van der Waals surface area contributed by atoms with E-state index in [1.54, 1.807) is 36.0 Å². The molecule has 0 saturated heterocycles. The van der Waals surface area contributed by atoms with Crippen LogP contribution < -0.4 is 11.1 Å². The number of nitrogens with one attached hydrogen (secondary N) is 1. The van der Waals surface area contributed by atoms with Gasteiger partial charge in [0.05, 0.1) is 6.04 Å². The van der Waals surface area contributed by atoms with Gasteiger partial charge in [0.25, 0.3) is 0 Å². The molecule has 3 N–H and O–H groups in total. The van der Waals surface area contributed by atoms with E-state index >= 15 is 0 Å². The van der Waals surface area contributed by atoms with Crippen LogP contribution >= 0.6 is 11.8 Å². The number of benzene rings is 2. The number of anilines is 1. The van der Waals surface area contributed by atoms with E-state index in [0.717, 1.165) is 5.56 Å². The summed E-state index contributed by atoms with van der Waals surface area (Å²) in [5, 5.41) is 2.86. The summed E-state index contributed by atoms with van der Waals surface area (Å²) in [6.07, 6.45) is 2.05. The summed E-state index contributed by atoms with van der Waals surface area (Å²) in [5.74, 6) is -0.589. The van der Waals surface area contributed by atoms with Gasteiger partial charge in [0, 0.05) is 22.7 Å². The largest absolute Gasteiger partial charge is 0.366 e. The average Bonchev–Trinajstić information content (AvgIpc) is 2.62. The highest BCUT2D eigenvalue weighted by atomic mass is 32.2. The summed E-state index contributed by atoms with van der Waals surface area (Å²) in [4.78, 5) is 26.7. The topological polar surface area (TPSA) is 75.4 Å². The normalized spacial score (nSPS) is 12.0. The fraction of sp³-hybridized carbons (Fsp3) is 0.263. The van der Waals surface area contributed by atoms with Crippen molar-refractivity contribution in [1.29, 1.82) is 0 Å². The van der Waals surface area contributed by atoms with Crippen LogP contribution in [0.4, 0.5) is 5.69 Å². The lowest BCUT2D eigenvalue weighted by atomic mass is 10.1. The number of rotatable bonds is 7. The molecule has 1 unspecified atom stereocenters. The molecule has 0 radical (unpaired) electrons. The highest BCUT2D eigenvalue weighted by Crippen LogP contribution is 2.16. The average molecular weight is 357 g/mol. The molecule has 5 nitrogen and oxygen atoms in total. The summed E-state index contributed by atoms with van der Waals surface area (Å²) >= 11 is 1.70. The molecule has 2 rings (SSSR count). The molecule has 0 bridgehead atoms. The molecule has 132 valence electrons. The Morgan fingerprint density at radius 1 is 1.12 bits per heavy atom. The van der Waals surface area contributed by atoms with E-state index in [9.17, 15) is 9.59 Å². The Bertz CT molecular complexity index is 729. The number of nitrogens with two attached hydrogens (primary N) is 1. The third-order valence-corrected chi connectivity index (χ3v) is 4.81. The number of carbonyl (C=O) groups excluding carboxylic acids is 2. The zero-order valence-corrected chi connectivity index (χ0v) is 15.5. The Morgan fingerprint density at radius 3 is 2.24 bits per heavy atom. The van der Waals surface area contributed by atoms with Crippen molar-refractivity contribution in [1.82, 2.24) is 4.90 Å². The van der Waals surface area contributed by atoms with Crippen LogP contribution in [0.5, 0.6) is 0 Å². The van der Waals surface area contributed by atoms with Gasteiger partial charge in [-0.2, -0.15) is 0 Å². The molecular formula is C19H23N3O2S. The molecule has 6 heteroatoms. The molecule has 0 heterocycles. The quantitative estimate of drug-likeness (QED) is 0.747. The van der Waals surface area contributed by atoms with Crippen molar-refractivity contribution in [3.05, 3.63) is 59.7 Å². The van der Waals surface area contributed by atoms with Crippen molar-refractivity contribution in [2.75, 3.05) is 18.6 Å². The van der Waals surface area contributed by atoms with Crippen molar-refractivity contribution < 1.29 is 9.59 Å². The van der Waals surface area contributed by atoms with Crippen LogP contribution in [-0.4, -0.2) is 36.1 Å². The fourth-order valence-corrected chi connectivity index (χ4v) is 2.73. The van der Waals surface area contributed by atoms with Gasteiger partial charge in [0.15, 0.2) is 0 Å². The van der Waals surface area contributed by atoms with Crippen molar-refractivity contribution in [2.24, 2.45) is 5.73 Å². The van der Waals surface area contributed by atoms with Crippen molar-refractivity contribution in [3.63, 3.8) is 0 Å². The Kier molecular flexibility index (Phi) is 6.61. The molecule has 0 aliphatic rings. The van der Waals surface area contributed by atoms with Crippen LogP contribution in [0.15, 0.2) is 53.4 Å². The Morgan fingerprint density at radius 2 is 1.72 bits per heavy atom. The maximum Gasteiger partial charge on any atom is 0.248 e. The van der Waals surface area contributed by atoms with Gasteiger partial charge in [0.2, 0.25) is 11.8 Å². The Balaban J connectivity index is 1.94. The van der Waals surface area contributed by atoms with Crippen LogP contribution in [0.2, 0.25) is 0 Å². The molecule has 0 fully saturated rings. The summed E-state index contributed by atoms with van der Waals surface area (Å²) < 4.78 is 0. The van der Waals surface area contributed by atoms with E-state index in [4.69, 9.17) is 5.73 Å². The number of amides is 2. The van der Waals surface area contributed by atoms with Gasteiger partial charge in [-0.1, -0.05) is 12.1 Å². The maximum absolute atomic E-state index is 12.4. The first kappa shape index (κ1) is 19.0. The van der Waals surface area contributed by atoms with Crippen LogP contribution in [-0.2, 0) is 11.3 Å². The third kappa shape index (κ3) is 5.34. The summed E-state index contributed by atoms with van der Waals surface area (Å²) in [6.45, 7) is 2.55. The smallest absolute Gasteiger partial charge is 0.248 e. The van der Waals surface area contributed by atoms with Gasteiger partial charge in [-0.15, -0.1) is 11.8 Å². The number of likely N-dealkylation sites (N-methyl/N-ethyl adjacent to an activating group) is 1. The second-order valence-corrected chi connectivity index (χ2v) is 6.75. The van der Waals surface area contributed by atoms with Gasteiger partial charge in [-0.05, 0) is 62.2 Å². The number of hydrogen-bond donors (Lipinski definition) is 2. The predicted molar refractivity (Wildman–Crippen MR) is 103 cm³/mol. The van der Waals surface area contributed by atoms with Gasteiger partial charge in [-0.3, -0.25) is 14.5 Å². The molecule has 2 aromatic rings. The molecule has 0 aromatic heterocycles. The SMILES string of the molecule is CSc1ccc(CN(C)C(C)C(=O)Nc2ccc(C(N)=O)cc2)cc1. The van der Waals surface area contributed by atoms with Crippen LogP contribution in [0.1, 0.15) is 22.8 Å². The summed E-state index contributed by atoms with van der Waals surface area (Å²) in [5.41, 5.74) is 7.42. The third-order valence-electron chi connectivity index (χ3n) is 4.07. The molecule has 25 heavy (non-hydrogen) atoms. The fourth-order valence-electron chi connectivity index (χ4n) is 2.32. The zero-order valence-electron chi connectivity index (χ0n) is 14.7. The molecule has 0 aliphatic carbocycles. The first-order valence-electron chi connectivity index (χ1n) is 7.94. The van der Waals surface area contributed by atoms with Crippen molar-refractivity contribution in [3.8, 4) is 0 Å². The Hall–Kier alpha value is -2.31. The second kappa shape index (κ2) is 8.69. The molecule has 0 saturated carbocycles. The number of carbonyl (C=O) groups is 2. The van der Waals surface area contributed by atoms with Crippen LogP contribution in [0, 0.1) is 0 Å². The van der Waals surface area contributed by atoms with Gasteiger partial charge >= 0.3 is 0 Å². The van der Waals surface area contributed by atoms with E-state index in [1.807, 2.05) is 25.1 Å². The van der Waals surface area contributed by atoms with Crippen molar-refractivity contribution >= 4 is 29.3 Å². The van der Waals surface area contributed by atoms with Gasteiger partial charge in [-0.25, -0.2) is 0 Å². The van der Waals surface area contributed by atoms with E-state index in [2.05, 4.69) is 29.6 Å². The molecule has 2 amide bonds. The van der Waals surface area contributed by atoms with Gasteiger partial charge in [0.1, 0.15) is 0 Å². The zero-order chi connectivity index (χ0) is 18.4. The first-order valence-corrected chi connectivity index (χ1v) is 9.17. The van der Waals surface area contributed by atoms with Crippen LogP contribution in [0.3, 0.4) is 0 Å². The van der Waals surface area contributed by atoms with Crippen molar-refractivity contribution in [2.45, 2.75) is 24.4 Å². The summed E-state index contributed by atoms with van der Waals surface area (Å²) in [6, 6.07) is 14.6. The maximum atomic E-state index is 12.4. The van der Waals surface area contributed by atoms with E-state index in [-0.39, 0.29) is 11.9 Å².